The smallest absolute Gasteiger partial charge is 0.240 e. The van der Waals surface area contributed by atoms with Gasteiger partial charge in [-0.25, -0.2) is 0 Å². The van der Waals surface area contributed by atoms with Crippen molar-refractivity contribution in [3.8, 4) is 0 Å². The van der Waals surface area contributed by atoms with Crippen molar-refractivity contribution in [2.24, 2.45) is 5.92 Å². The number of fused-ring (bicyclic) bond motifs is 1. The van der Waals surface area contributed by atoms with Crippen molar-refractivity contribution in [2.75, 3.05) is 6.54 Å². The molecular formula is C17H24N2O2. The molecule has 4 nitrogen and oxygen atoms in total. The number of amides is 1. The minimum absolute atomic E-state index is 0.0674. The van der Waals surface area contributed by atoms with Crippen molar-refractivity contribution in [1.29, 1.82) is 0 Å². The van der Waals surface area contributed by atoms with E-state index in [1.807, 2.05) is 35.8 Å². The Balaban J connectivity index is 1.97. The molecule has 0 fully saturated rings. The molecule has 0 saturated carbocycles. The Bertz CT molecular complexity index is 616. The van der Waals surface area contributed by atoms with Crippen LogP contribution in [-0.2, 0) is 11.3 Å². The van der Waals surface area contributed by atoms with Gasteiger partial charge in [0, 0.05) is 17.8 Å². The molecule has 1 unspecified atom stereocenters. The van der Waals surface area contributed by atoms with E-state index in [0.717, 1.165) is 16.6 Å². The highest BCUT2D eigenvalue weighted by molar-refractivity contribution is 5.84. The summed E-state index contributed by atoms with van der Waals surface area (Å²) in [4.78, 5) is 12.1. The molecule has 21 heavy (non-hydrogen) atoms. The van der Waals surface area contributed by atoms with Crippen LogP contribution in [0.3, 0.4) is 0 Å². The van der Waals surface area contributed by atoms with Crippen molar-refractivity contribution >= 4 is 16.8 Å². The minimum Gasteiger partial charge on any atom is -0.391 e. The third-order valence-electron chi connectivity index (χ3n) is 3.60. The monoisotopic (exact) mass is 288 g/mol. The standard InChI is InChI=1S/C17H24N2O2/c1-12(2)8-15(20)10-18-17(21)11-19-13(3)9-14-6-4-5-7-16(14)19/h4-7,9,12,15,20H,8,10-11H2,1-3H3,(H,18,21). The molecule has 0 spiro atoms. The van der Waals surface area contributed by atoms with E-state index in [1.54, 1.807) is 0 Å². The Morgan fingerprint density at radius 1 is 1.33 bits per heavy atom. The number of hydrogen-bond donors (Lipinski definition) is 2. The van der Waals surface area contributed by atoms with Crippen molar-refractivity contribution in [3.63, 3.8) is 0 Å². The first-order chi connectivity index (χ1) is 9.97. The Morgan fingerprint density at radius 2 is 2.05 bits per heavy atom. The number of carbonyl (C=O) groups is 1. The lowest BCUT2D eigenvalue weighted by Gasteiger charge is -2.14. The Kier molecular flexibility index (Phi) is 5.02. The van der Waals surface area contributed by atoms with Gasteiger partial charge in [-0.3, -0.25) is 4.79 Å². The van der Waals surface area contributed by atoms with Gasteiger partial charge in [-0.15, -0.1) is 0 Å². The lowest BCUT2D eigenvalue weighted by atomic mass is 10.1. The number of aryl methyl sites for hydroxylation is 1. The van der Waals surface area contributed by atoms with Gasteiger partial charge in [0.25, 0.3) is 0 Å². The molecule has 2 N–H and O–H groups in total. The van der Waals surface area contributed by atoms with Crippen molar-refractivity contribution < 1.29 is 9.90 Å². The predicted octanol–water partition coefficient (Wildman–Crippen LogP) is 2.47. The summed E-state index contributed by atoms with van der Waals surface area (Å²) in [6.07, 6.45) is 0.225. The highest BCUT2D eigenvalue weighted by Gasteiger charge is 2.11. The van der Waals surface area contributed by atoms with Crippen LogP contribution in [-0.4, -0.2) is 28.2 Å². The van der Waals surface area contributed by atoms with E-state index in [4.69, 9.17) is 0 Å². The number of hydrogen-bond acceptors (Lipinski definition) is 2. The van der Waals surface area contributed by atoms with Gasteiger partial charge in [0.1, 0.15) is 6.54 Å². The molecule has 4 heteroatoms. The maximum absolute atomic E-state index is 12.1. The number of rotatable bonds is 6. The van der Waals surface area contributed by atoms with Crippen LogP contribution in [0.2, 0.25) is 0 Å². The Labute approximate surface area is 125 Å². The van der Waals surface area contributed by atoms with Gasteiger partial charge in [-0.2, -0.15) is 0 Å². The summed E-state index contributed by atoms with van der Waals surface area (Å²) < 4.78 is 2.00. The number of para-hydroxylation sites is 1. The molecular weight excluding hydrogens is 264 g/mol. The summed E-state index contributed by atoms with van der Waals surface area (Å²) in [6.45, 7) is 6.71. The first-order valence-electron chi connectivity index (χ1n) is 7.47. The summed E-state index contributed by atoms with van der Waals surface area (Å²) >= 11 is 0. The average molecular weight is 288 g/mol. The Hall–Kier alpha value is -1.81. The third kappa shape index (κ3) is 4.08. The topological polar surface area (TPSA) is 54.3 Å². The normalized spacial score (nSPS) is 12.8. The predicted molar refractivity (Wildman–Crippen MR) is 85.1 cm³/mol. The second kappa shape index (κ2) is 6.76. The van der Waals surface area contributed by atoms with Crippen LogP contribution >= 0.6 is 0 Å². The van der Waals surface area contributed by atoms with Crippen LogP contribution in [0.25, 0.3) is 10.9 Å². The molecule has 1 amide bonds. The summed E-state index contributed by atoms with van der Waals surface area (Å²) in [5, 5.41) is 13.7. The molecule has 0 aliphatic heterocycles. The van der Waals surface area contributed by atoms with E-state index in [2.05, 4.69) is 25.2 Å². The summed E-state index contributed by atoms with van der Waals surface area (Å²) in [5.74, 6) is 0.356. The molecule has 2 rings (SSSR count). The number of benzene rings is 1. The van der Waals surface area contributed by atoms with Crippen molar-refractivity contribution in [1.82, 2.24) is 9.88 Å². The number of nitrogens with zero attached hydrogens (tertiary/aromatic N) is 1. The van der Waals surface area contributed by atoms with Crippen LogP contribution in [0, 0.1) is 12.8 Å². The number of aliphatic hydroxyl groups is 1. The van der Waals surface area contributed by atoms with E-state index >= 15 is 0 Å². The summed E-state index contributed by atoms with van der Waals surface area (Å²) in [5.41, 5.74) is 2.13. The quantitative estimate of drug-likeness (QED) is 0.858. The summed E-state index contributed by atoms with van der Waals surface area (Å²) in [7, 11) is 0. The average Bonchev–Trinajstić information content (AvgIpc) is 2.72. The van der Waals surface area contributed by atoms with Crippen LogP contribution in [0.4, 0.5) is 0 Å². The Morgan fingerprint density at radius 3 is 2.76 bits per heavy atom. The fourth-order valence-electron chi connectivity index (χ4n) is 2.62. The fraction of sp³-hybridized carbons (Fsp3) is 0.471. The molecule has 2 aromatic rings. The maximum Gasteiger partial charge on any atom is 0.240 e. The third-order valence-corrected chi connectivity index (χ3v) is 3.60. The van der Waals surface area contributed by atoms with E-state index in [0.29, 0.717) is 18.9 Å². The molecule has 1 aromatic carbocycles. The zero-order valence-electron chi connectivity index (χ0n) is 13.0. The van der Waals surface area contributed by atoms with Gasteiger partial charge in [-0.05, 0) is 36.8 Å². The SMILES string of the molecule is Cc1cc2ccccc2n1CC(=O)NCC(O)CC(C)C. The van der Waals surface area contributed by atoms with Gasteiger partial charge in [0.2, 0.25) is 5.91 Å². The second-order valence-electron chi connectivity index (χ2n) is 6.02. The largest absolute Gasteiger partial charge is 0.391 e. The number of nitrogens with one attached hydrogen (secondary N) is 1. The van der Waals surface area contributed by atoms with Gasteiger partial charge in [-0.1, -0.05) is 32.0 Å². The van der Waals surface area contributed by atoms with Gasteiger partial charge in [0.15, 0.2) is 0 Å². The minimum atomic E-state index is -0.476. The molecule has 1 heterocycles. The molecule has 1 atom stereocenters. The number of carbonyl (C=O) groups excluding carboxylic acids is 1. The van der Waals surface area contributed by atoms with E-state index < -0.39 is 6.10 Å². The van der Waals surface area contributed by atoms with Crippen molar-refractivity contribution in [2.45, 2.75) is 39.8 Å². The van der Waals surface area contributed by atoms with Crippen LogP contribution in [0.1, 0.15) is 26.0 Å². The maximum atomic E-state index is 12.1. The lowest BCUT2D eigenvalue weighted by Crippen LogP contribution is -2.35. The van der Waals surface area contributed by atoms with Gasteiger partial charge in [0.05, 0.1) is 6.10 Å². The fourth-order valence-corrected chi connectivity index (χ4v) is 2.62. The molecule has 0 bridgehead atoms. The molecule has 0 saturated heterocycles. The second-order valence-corrected chi connectivity index (χ2v) is 6.02. The molecule has 114 valence electrons. The van der Waals surface area contributed by atoms with Crippen LogP contribution in [0.15, 0.2) is 30.3 Å². The molecule has 0 aliphatic rings. The number of aromatic nitrogens is 1. The highest BCUT2D eigenvalue weighted by atomic mass is 16.3. The van der Waals surface area contributed by atoms with Gasteiger partial charge < -0.3 is 15.0 Å². The van der Waals surface area contributed by atoms with E-state index in [9.17, 15) is 9.90 Å². The molecule has 1 aromatic heterocycles. The zero-order valence-corrected chi connectivity index (χ0v) is 13.0. The molecule has 0 radical (unpaired) electrons. The molecule has 0 aliphatic carbocycles. The lowest BCUT2D eigenvalue weighted by molar-refractivity contribution is -0.122. The first kappa shape index (κ1) is 15.6. The number of aliphatic hydroxyl groups excluding tert-OH is 1. The first-order valence-corrected chi connectivity index (χ1v) is 7.47. The summed E-state index contributed by atoms with van der Waals surface area (Å²) in [6, 6.07) is 10.1. The van der Waals surface area contributed by atoms with Crippen LogP contribution < -0.4 is 5.32 Å². The van der Waals surface area contributed by atoms with Gasteiger partial charge >= 0.3 is 0 Å². The zero-order chi connectivity index (χ0) is 15.4. The van der Waals surface area contributed by atoms with E-state index in [1.165, 1.54) is 0 Å². The van der Waals surface area contributed by atoms with Crippen molar-refractivity contribution in [3.05, 3.63) is 36.0 Å². The van der Waals surface area contributed by atoms with Crippen LogP contribution in [0.5, 0.6) is 0 Å². The van der Waals surface area contributed by atoms with E-state index in [-0.39, 0.29) is 12.5 Å². The highest BCUT2D eigenvalue weighted by Crippen LogP contribution is 2.18.